The van der Waals surface area contributed by atoms with Gasteiger partial charge in [-0.3, -0.25) is 9.59 Å². The first-order chi connectivity index (χ1) is 30.3. The summed E-state index contributed by atoms with van der Waals surface area (Å²) in [6.45, 7) is 6.95. The van der Waals surface area contributed by atoms with Crippen LogP contribution in [0.15, 0.2) is 0 Å². The molecular formula is C48H90O15. The minimum Gasteiger partial charge on any atom is -0.462 e. The van der Waals surface area contributed by atoms with Crippen LogP contribution in [0, 0.1) is 11.8 Å². The Kier molecular flexibility index (Phi) is 31.8. The van der Waals surface area contributed by atoms with Gasteiger partial charge in [-0.15, -0.1) is 0 Å². The molecule has 0 aromatic heterocycles. The summed E-state index contributed by atoms with van der Waals surface area (Å²) < 4.78 is 33.7. The molecule has 15 nitrogen and oxygen atoms in total. The third kappa shape index (κ3) is 24.2. The van der Waals surface area contributed by atoms with Crippen LogP contribution in [0.1, 0.15) is 188 Å². The molecule has 0 aromatic rings. The van der Waals surface area contributed by atoms with E-state index in [9.17, 15) is 45.3 Å². The Morgan fingerprint density at radius 2 is 0.984 bits per heavy atom. The van der Waals surface area contributed by atoms with Crippen molar-refractivity contribution in [1.29, 1.82) is 0 Å². The van der Waals surface area contributed by atoms with Crippen LogP contribution in [0.25, 0.3) is 0 Å². The molecule has 2 unspecified atom stereocenters. The van der Waals surface area contributed by atoms with Crippen LogP contribution >= 0.6 is 0 Å². The molecule has 0 spiro atoms. The third-order valence-electron chi connectivity index (χ3n) is 12.6. The predicted molar refractivity (Wildman–Crippen MR) is 238 cm³/mol. The molecule has 2 rings (SSSR count). The lowest BCUT2D eigenvalue weighted by molar-refractivity contribution is -0.361. The molecule has 0 bridgehead atoms. The van der Waals surface area contributed by atoms with Gasteiger partial charge in [-0.25, -0.2) is 0 Å². The molecule has 0 aromatic carbocycles. The summed E-state index contributed by atoms with van der Waals surface area (Å²) in [5.41, 5.74) is 0. The fourth-order valence-corrected chi connectivity index (χ4v) is 8.12. The van der Waals surface area contributed by atoms with Crippen molar-refractivity contribution in [3.05, 3.63) is 0 Å². The van der Waals surface area contributed by atoms with Gasteiger partial charge in [-0.1, -0.05) is 163 Å². The van der Waals surface area contributed by atoms with Crippen molar-refractivity contribution >= 4 is 11.9 Å². The van der Waals surface area contributed by atoms with E-state index < -0.39 is 99.3 Å². The van der Waals surface area contributed by atoms with Gasteiger partial charge in [-0.2, -0.15) is 0 Å². The molecule has 0 aliphatic carbocycles. The first kappa shape index (κ1) is 57.6. The molecular weight excluding hydrogens is 817 g/mol. The number of hydrogen-bond donors (Lipinski definition) is 7. The van der Waals surface area contributed by atoms with Crippen molar-refractivity contribution < 1.29 is 73.8 Å². The second-order valence-corrected chi connectivity index (χ2v) is 18.7. The van der Waals surface area contributed by atoms with Crippen molar-refractivity contribution in [3.8, 4) is 0 Å². The van der Waals surface area contributed by atoms with E-state index in [0.29, 0.717) is 12.8 Å². The molecule has 15 heteroatoms. The molecule has 0 amide bonds. The Labute approximate surface area is 378 Å². The van der Waals surface area contributed by atoms with Gasteiger partial charge in [0, 0.05) is 12.8 Å². The van der Waals surface area contributed by atoms with E-state index in [0.717, 1.165) is 50.4 Å². The topological polar surface area (TPSA) is 231 Å². The number of esters is 2. The van der Waals surface area contributed by atoms with E-state index in [-0.39, 0.29) is 19.4 Å². The Bertz CT molecular complexity index is 1140. The first-order valence-corrected chi connectivity index (χ1v) is 24.9. The molecule has 12 atom stereocenters. The van der Waals surface area contributed by atoms with Crippen LogP contribution < -0.4 is 0 Å². The number of hydrogen-bond acceptors (Lipinski definition) is 15. The fourth-order valence-electron chi connectivity index (χ4n) is 8.12. The van der Waals surface area contributed by atoms with Crippen molar-refractivity contribution in [2.75, 3.05) is 26.4 Å². The van der Waals surface area contributed by atoms with Gasteiger partial charge in [0.05, 0.1) is 19.8 Å². The molecule has 0 saturated carbocycles. The third-order valence-corrected chi connectivity index (χ3v) is 12.6. The van der Waals surface area contributed by atoms with Gasteiger partial charge in [-0.05, 0) is 24.7 Å². The lowest BCUT2D eigenvalue weighted by Gasteiger charge is -2.46. The van der Waals surface area contributed by atoms with Crippen LogP contribution in [0.2, 0.25) is 0 Å². The van der Waals surface area contributed by atoms with Crippen LogP contribution in [0.5, 0.6) is 0 Å². The summed E-state index contributed by atoms with van der Waals surface area (Å²) in [5.74, 6) is 0.655. The smallest absolute Gasteiger partial charge is 0.306 e. The number of rotatable bonds is 37. The molecule has 2 fully saturated rings. The second kappa shape index (κ2) is 34.8. The van der Waals surface area contributed by atoms with Crippen molar-refractivity contribution in [1.82, 2.24) is 0 Å². The summed E-state index contributed by atoms with van der Waals surface area (Å²) in [6, 6.07) is 0. The Morgan fingerprint density at radius 3 is 1.49 bits per heavy atom. The molecule has 2 saturated heterocycles. The number of carbonyl (C=O) groups excluding carboxylic acids is 2. The predicted octanol–water partition coefficient (Wildman–Crippen LogP) is 6.15. The minimum absolute atomic E-state index is 0.162. The van der Waals surface area contributed by atoms with Gasteiger partial charge >= 0.3 is 11.9 Å². The maximum Gasteiger partial charge on any atom is 0.306 e. The summed E-state index contributed by atoms with van der Waals surface area (Å²) in [6.07, 6.45) is 9.53. The minimum atomic E-state index is -1.83. The maximum absolute atomic E-state index is 13.0. The standard InChI is InChI=1S/C48H90O15/c1-5-35(4)27-23-19-15-11-7-9-12-16-20-24-28-39(51)58-32-36(60-40(52)29-25-21-17-13-8-6-10-14-18-22-26-34(2)3)33-59-47-45(57)46(42(54)38(31-50)61-47)63-48-44(56)43(55)41(53)37(30-49)62-48/h34-38,41-50,53-57H,5-33H2,1-4H3/t35?,36?,37-,38-,41-,42-,43+,44-,45+,46+,47+,48-/m1/s1. The molecule has 2 heterocycles. The highest BCUT2D eigenvalue weighted by Crippen LogP contribution is 2.30. The highest BCUT2D eigenvalue weighted by atomic mass is 16.7. The highest BCUT2D eigenvalue weighted by Gasteiger charge is 2.51. The Balaban J connectivity index is 1.87. The quantitative estimate of drug-likeness (QED) is 0.0274. The Morgan fingerprint density at radius 1 is 0.524 bits per heavy atom. The largest absolute Gasteiger partial charge is 0.462 e. The number of ether oxygens (including phenoxy) is 6. The van der Waals surface area contributed by atoms with E-state index in [1.54, 1.807) is 0 Å². The molecule has 7 N–H and O–H groups in total. The van der Waals surface area contributed by atoms with Gasteiger partial charge in [0.1, 0.15) is 55.4 Å². The zero-order valence-electron chi connectivity index (χ0n) is 39.4. The monoisotopic (exact) mass is 907 g/mol. The van der Waals surface area contributed by atoms with E-state index in [1.807, 2.05) is 0 Å². The Hall–Kier alpha value is -1.50. The van der Waals surface area contributed by atoms with E-state index in [1.165, 1.54) is 96.3 Å². The van der Waals surface area contributed by atoms with E-state index in [4.69, 9.17) is 28.4 Å². The van der Waals surface area contributed by atoms with Gasteiger partial charge < -0.3 is 64.2 Å². The lowest BCUT2D eigenvalue weighted by atomic mass is 9.97. The van der Waals surface area contributed by atoms with Gasteiger partial charge in [0.2, 0.25) is 0 Å². The molecule has 2 aliphatic rings. The first-order valence-electron chi connectivity index (χ1n) is 24.9. The number of unbranched alkanes of at least 4 members (excludes halogenated alkanes) is 18. The molecule has 2 aliphatic heterocycles. The number of aliphatic hydroxyl groups excluding tert-OH is 7. The lowest BCUT2D eigenvalue weighted by Crippen LogP contribution is -2.65. The molecule has 0 radical (unpaired) electrons. The van der Waals surface area contributed by atoms with Crippen molar-refractivity contribution in [2.45, 2.75) is 256 Å². The fraction of sp³-hybridized carbons (Fsp3) is 0.958. The van der Waals surface area contributed by atoms with Gasteiger partial charge in [0.15, 0.2) is 18.7 Å². The zero-order valence-corrected chi connectivity index (χ0v) is 39.4. The zero-order chi connectivity index (χ0) is 46.4. The average Bonchev–Trinajstić information content (AvgIpc) is 3.26. The summed E-state index contributed by atoms with van der Waals surface area (Å²) >= 11 is 0. The van der Waals surface area contributed by atoms with Crippen LogP contribution in [-0.2, 0) is 38.0 Å². The van der Waals surface area contributed by atoms with Crippen molar-refractivity contribution in [2.24, 2.45) is 11.8 Å². The number of carbonyl (C=O) groups is 2. The van der Waals surface area contributed by atoms with Gasteiger partial charge in [0.25, 0.3) is 0 Å². The number of aliphatic hydroxyl groups is 7. The second-order valence-electron chi connectivity index (χ2n) is 18.7. The van der Waals surface area contributed by atoms with Crippen LogP contribution in [0.3, 0.4) is 0 Å². The summed E-state index contributed by atoms with van der Waals surface area (Å²) in [4.78, 5) is 25.8. The van der Waals surface area contributed by atoms with E-state index in [2.05, 4.69) is 27.7 Å². The normalized spacial score (nSPS) is 27.4. The highest BCUT2D eigenvalue weighted by molar-refractivity contribution is 5.70. The SMILES string of the molecule is CCC(C)CCCCCCCCCCCCC(=O)OCC(CO[C@H]1O[C@H](CO)[C@@H](O)[C@H](O[C@H]2O[C@H](CO)[C@@H](O)[C@H](O)[C@H]2O)[C@@H]1O)OC(=O)CCCCCCCCCCCCC(C)C. The van der Waals surface area contributed by atoms with E-state index >= 15 is 0 Å². The average molecular weight is 907 g/mol. The van der Waals surface area contributed by atoms with Crippen LogP contribution in [0.4, 0.5) is 0 Å². The summed E-state index contributed by atoms with van der Waals surface area (Å²) in [5, 5.41) is 72.5. The molecule has 372 valence electrons. The molecule has 63 heavy (non-hydrogen) atoms. The maximum atomic E-state index is 13.0. The summed E-state index contributed by atoms with van der Waals surface area (Å²) in [7, 11) is 0. The van der Waals surface area contributed by atoms with Crippen LogP contribution in [-0.4, -0.2) is 142 Å². The van der Waals surface area contributed by atoms with Crippen molar-refractivity contribution in [3.63, 3.8) is 0 Å².